The molecule has 1 aromatic carbocycles. The van der Waals surface area contributed by atoms with Crippen LogP contribution in [0.2, 0.25) is 5.02 Å². The number of carbonyl (C=O) groups is 1. The number of carbonyl (C=O) groups excluding carboxylic acids is 1. The van der Waals surface area contributed by atoms with Crippen molar-refractivity contribution in [2.45, 2.75) is 32.2 Å². The van der Waals surface area contributed by atoms with Crippen LogP contribution in [0.1, 0.15) is 41.6 Å². The van der Waals surface area contributed by atoms with Crippen LogP contribution in [0.3, 0.4) is 0 Å². The van der Waals surface area contributed by atoms with E-state index in [1.54, 1.807) is 13.3 Å². The second kappa shape index (κ2) is 10.4. The van der Waals surface area contributed by atoms with Gasteiger partial charge in [0.25, 0.3) is 5.91 Å². The van der Waals surface area contributed by atoms with Crippen LogP contribution in [0.4, 0.5) is 11.8 Å². The van der Waals surface area contributed by atoms with Crippen LogP contribution >= 0.6 is 11.6 Å². The Hall–Kier alpha value is -2.58. The number of methoxy groups -OCH3 is 1. The molecule has 2 saturated heterocycles. The number of nitrogens with zero attached hydrogens (tertiary/aromatic N) is 3. The van der Waals surface area contributed by atoms with Crippen LogP contribution in [0.25, 0.3) is 0 Å². The Labute approximate surface area is 205 Å². The molecular weight excluding hydrogens is 452 g/mol. The Morgan fingerprint density at radius 2 is 2.06 bits per heavy atom. The highest BCUT2D eigenvalue weighted by atomic mass is 35.5. The van der Waals surface area contributed by atoms with Crippen molar-refractivity contribution >= 4 is 29.3 Å². The molecule has 5 rings (SSSR count). The predicted molar refractivity (Wildman–Crippen MR) is 134 cm³/mol. The third kappa shape index (κ3) is 5.39. The molecule has 1 aliphatic carbocycles. The molecule has 182 valence electrons. The van der Waals surface area contributed by atoms with Crippen molar-refractivity contribution in [1.29, 1.82) is 0 Å². The molecule has 1 saturated carbocycles. The second-order valence-corrected chi connectivity index (χ2v) is 10.1. The zero-order valence-electron chi connectivity index (χ0n) is 19.6. The van der Waals surface area contributed by atoms with E-state index in [-0.39, 0.29) is 5.91 Å². The topological polar surface area (TPSA) is 91.4 Å². The molecule has 3 heterocycles. The summed E-state index contributed by atoms with van der Waals surface area (Å²) in [4.78, 5) is 24.6. The van der Waals surface area contributed by atoms with Gasteiger partial charge in [-0.05, 0) is 74.2 Å². The van der Waals surface area contributed by atoms with Crippen LogP contribution in [0.5, 0.6) is 5.75 Å². The molecule has 0 bridgehead atoms. The summed E-state index contributed by atoms with van der Waals surface area (Å²) in [7, 11) is 1.60. The smallest absolute Gasteiger partial charge is 0.256 e. The van der Waals surface area contributed by atoms with E-state index in [1.165, 1.54) is 19.3 Å². The quantitative estimate of drug-likeness (QED) is 0.503. The van der Waals surface area contributed by atoms with E-state index in [0.717, 1.165) is 50.0 Å². The minimum Gasteiger partial charge on any atom is -0.495 e. The van der Waals surface area contributed by atoms with Crippen LogP contribution in [-0.2, 0) is 6.54 Å². The summed E-state index contributed by atoms with van der Waals surface area (Å²) in [6.07, 6.45) is 6.31. The van der Waals surface area contributed by atoms with Crippen molar-refractivity contribution in [2.24, 2.45) is 17.8 Å². The summed E-state index contributed by atoms with van der Waals surface area (Å²) in [5, 5.41) is 10.4. The number of nitrogens with one attached hydrogen (secondary N) is 3. The average Bonchev–Trinajstić information content (AvgIpc) is 3.47. The summed E-state index contributed by atoms with van der Waals surface area (Å²) in [5.74, 6) is 3.96. The van der Waals surface area contributed by atoms with E-state index < -0.39 is 0 Å². The monoisotopic (exact) mass is 484 g/mol. The fourth-order valence-electron chi connectivity index (χ4n) is 5.05. The molecule has 0 spiro atoms. The number of benzene rings is 1. The van der Waals surface area contributed by atoms with E-state index in [1.807, 2.05) is 18.2 Å². The van der Waals surface area contributed by atoms with Crippen molar-refractivity contribution in [2.75, 3.05) is 50.1 Å². The van der Waals surface area contributed by atoms with E-state index in [4.69, 9.17) is 21.3 Å². The summed E-state index contributed by atoms with van der Waals surface area (Å²) >= 11 is 6.29. The second-order valence-electron chi connectivity index (χ2n) is 9.65. The number of hydrogen-bond donors (Lipinski definition) is 3. The van der Waals surface area contributed by atoms with Gasteiger partial charge < -0.3 is 25.6 Å². The van der Waals surface area contributed by atoms with Crippen LogP contribution < -0.4 is 25.6 Å². The Kier molecular flexibility index (Phi) is 7.06. The first kappa shape index (κ1) is 23.2. The van der Waals surface area contributed by atoms with Gasteiger partial charge in [-0.1, -0.05) is 17.7 Å². The molecule has 3 fully saturated rings. The van der Waals surface area contributed by atoms with Crippen LogP contribution in [-0.4, -0.2) is 55.7 Å². The van der Waals surface area contributed by atoms with E-state index in [0.29, 0.717) is 47.1 Å². The number of fused-ring (bicyclic) bond motifs is 1. The molecule has 1 amide bonds. The number of ether oxygens (including phenoxy) is 1. The predicted octanol–water partition coefficient (Wildman–Crippen LogP) is 3.33. The first-order valence-corrected chi connectivity index (χ1v) is 12.7. The highest BCUT2D eigenvalue weighted by Gasteiger charge is 2.45. The van der Waals surface area contributed by atoms with Gasteiger partial charge in [-0.15, -0.1) is 0 Å². The van der Waals surface area contributed by atoms with Gasteiger partial charge in [0.15, 0.2) is 0 Å². The molecule has 8 nitrogen and oxygen atoms in total. The van der Waals surface area contributed by atoms with Gasteiger partial charge >= 0.3 is 0 Å². The average molecular weight is 485 g/mol. The van der Waals surface area contributed by atoms with Gasteiger partial charge in [0.1, 0.15) is 17.1 Å². The van der Waals surface area contributed by atoms with Gasteiger partial charge in [-0.3, -0.25) is 4.79 Å². The molecule has 2 unspecified atom stereocenters. The van der Waals surface area contributed by atoms with Gasteiger partial charge in [0.2, 0.25) is 5.95 Å². The normalized spacial score (nSPS) is 21.8. The maximum absolute atomic E-state index is 13.1. The largest absolute Gasteiger partial charge is 0.495 e. The third-order valence-electron chi connectivity index (χ3n) is 7.26. The number of aromatic nitrogens is 2. The van der Waals surface area contributed by atoms with Gasteiger partial charge in [0, 0.05) is 32.4 Å². The summed E-state index contributed by atoms with van der Waals surface area (Å²) in [6, 6.07) is 5.66. The van der Waals surface area contributed by atoms with Crippen LogP contribution in [0, 0.1) is 17.8 Å². The van der Waals surface area contributed by atoms with E-state index in [2.05, 4.69) is 25.8 Å². The van der Waals surface area contributed by atoms with Gasteiger partial charge in [-0.25, -0.2) is 4.98 Å². The number of halogens is 1. The lowest BCUT2D eigenvalue weighted by molar-refractivity contribution is 0.0950. The number of piperidine rings is 2. The zero-order chi connectivity index (χ0) is 23.5. The minimum atomic E-state index is -0.139. The van der Waals surface area contributed by atoms with Gasteiger partial charge in [-0.2, -0.15) is 4.98 Å². The standard InChI is InChI=1S/C25H33ClN6O2/c1-34-22-3-2-17(10-21(22)26)12-29-23-20(24(33)28-9-6-16-4-7-27-8-5-16)13-30-25(31-23)32-14-18-11-19(18)15-32/h2-3,10,13,16,18-19,27H,4-9,11-12,14-15H2,1H3,(H,28,33)(H,29,30,31). The van der Waals surface area contributed by atoms with Gasteiger partial charge in [0.05, 0.1) is 12.1 Å². The fourth-order valence-corrected chi connectivity index (χ4v) is 5.33. The van der Waals surface area contributed by atoms with Crippen molar-refractivity contribution in [1.82, 2.24) is 20.6 Å². The van der Waals surface area contributed by atoms with E-state index >= 15 is 0 Å². The first-order chi connectivity index (χ1) is 16.6. The molecular formula is C25H33ClN6O2. The van der Waals surface area contributed by atoms with Crippen LogP contribution in [0.15, 0.2) is 24.4 Å². The molecule has 9 heteroatoms. The van der Waals surface area contributed by atoms with Crippen molar-refractivity contribution in [3.05, 3.63) is 40.5 Å². The molecule has 1 aromatic heterocycles. The van der Waals surface area contributed by atoms with E-state index in [9.17, 15) is 4.79 Å². The lowest BCUT2D eigenvalue weighted by Crippen LogP contribution is -2.32. The number of hydrogen-bond acceptors (Lipinski definition) is 7. The third-order valence-corrected chi connectivity index (χ3v) is 7.55. The first-order valence-electron chi connectivity index (χ1n) is 12.3. The maximum atomic E-state index is 13.1. The lowest BCUT2D eigenvalue weighted by Gasteiger charge is -2.22. The summed E-state index contributed by atoms with van der Waals surface area (Å²) in [5.41, 5.74) is 1.45. The molecule has 2 aliphatic heterocycles. The van der Waals surface area contributed by atoms with Crippen molar-refractivity contribution in [3.8, 4) is 5.75 Å². The number of amides is 1. The zero-order valence-corrected chi connectivity index (χ0v) is 20.4. The Balaban J connectivity index is 1.28. The fraction of sp³-hybridized carbons (Fsp3) is 0.560. The van der Waals surface area contributed by atoms with Crippen molar-refractivity contribution < 1.29 is 9.53 Å². The molecule has 3 N–H and O–H groups in total. The highest BCUT2D eigenvalue weighted by Crippen LogP contribution is 2.45. The molecule has 2 atom stereocenters. The van der Waals surface area contributed by atoms with Crippen molar-refractivity contribution in [3.63, 3.8) is 0 Å². The maximum Gasteiger partial charge on any atom is 0.256 e. The Bertz CT molecular complexity index is 1020. The molecule has 3 aliphatic rings. The lowest BCUT2D eigenvalue weighted by atomic mass is 9.95. The highest BCUT2D eigenvalue weighted by molar-refractivity contribution is 6.32. The molecule has 2 aromatic rings. The molecule has 0 radical (unpaired) electrons. The minimum absolute atomic E-state index is 0.139. The Morgan fingerprint density at radius 3 is 2.79 bits per heavy atom. The summed E-state index contributed by atoms with van der Waals surface area (Å²) < 4.78 is 5.24. The SMILES string of the molecule is COc1ccc(CNc2nc(N3CC4CC4C3)ncc2C(=O)NCCC2CCNCC2)cc1Cl. The number of anilines is 2. The number of rotatable bonds is 9. The summed E-state index contributed by atoms with van der Waals surface area (Å²) in [6.45, 7) is 5.28. The molecule has 34 heavy (non-hydrogen) atoms. The Morgan fingerprint density at radius 1 is 1.26 bits per heavy atom.